The minimum absolute atomic E-state index is 0.0951. The quantitative estimate of drug-likeness (QED) is 0.401. The Morgan fingerprint density at radius 3 is 2.92 bits per heavy atom. The van der Waals surface area contributed by atoms with Crippen LogP contribution in [-0.4, -0.2) is 16.5 Å². The topological polar surface area (TPSA) is 56.0 Å². The second kappa shape index (κ2) is 5.64. The SMILES string of the molecule is O=[N+]([O-])CCCCCc1nccs1. The Morgan fingerprint density at radius 2 is 2.31 bits per heavy atom. The molecule has 0 aliphatic carbocycles. The molecule has 0 amide bonds. The molecule has 0 aromatic carbocycles. The Hall–Kier alpha value is -0.970. The van der Waals surface area contributed by atoms with E-state index in [0.29, 0.717) is 6.42 Å². The van der Waals surface area contributed by atoms with Crippen LogP contribution in [0.3, 0.4) is 0 Å². The molecular weight excluding hydrogens is 188 g/mol. The first-order chi connectivity index (χ1) is 6.29. The molecule has 4 nitrogen and oxygen atoms in total. The standard InChI is InChI=1S/C8H12N2O2S/c11-10(12)6-3-1-2-4-8-9-5-7-13-8/h5,7H,1-4,6H2. The zero-order chi connectivity index (χ0) is 9.52. The largest absolute Gasteiger partial charge is 0.265 e. The van der Waals surface area contributed by atoms with Crippen LogP contribution in [0.1, 0.15) is 24.3 Å². The molecule has 0 fully saturated rings. The molecule has 1 aromatic rings. The normalized spacial score (nSPS) is 10.2. The molecule has 1 aromatic heterocycles. The molecule has 13 heavy (non-hydrogen) atoms. The number of unbranched alkanes of at least 4 members (excludes halogenated alkanes) is 2. The maximum atomic E-state index is 9.99. The summed E-state index contributed by atoms with van der Waals surface area (Å²) in [5, 5.41) is 13.1. The van der Waals surface area contributed by atoms with E-state index in [9.17, 15) is 10.1 Å². The highest BCUT2D eigenvalue weighted by Crippen LogP contribution is 2.09. The molecule has 0 bridgehead atoms. The summed E-state index contributed by atoms with van der Waals surface area (Å²) in [6.07, 6.45) is 5.34. The van der Waals surface area contributed by atoms with Crippen LogP contribution in [0.4, 0.5) is 0 Å². The van der Waals surface area contributed by atoms with Crippen LogP contribution < -0.4 is 0 Å². The summed E-state index contributed by atoms with van der Waals surface area (Å²) >= 11 is 1.64. The summed E-state index contributed by atoms with van der Waals surface area (Å²) in [7, 11) is 0. The van der Waals surface area contributed by atoms with Gasteiger partial charge in [-0.3, -0.25) is 10.1 Å². The van der Waals surface area contributed by atoms with Gasteiger partial charge in [-0.25, -0.2) is 4.98 Å². The van der Waals surface area contributed by atoms with E-state index in [4.69, 9.17) is 0 Å². The third-order valence-electron chi connectivity index (χ3n) is 1.71. The molecule has 0 spiro atoms. The Morgan fingerprint density at radius 1 is 1.46 bits per heavy atom. The van der Waals surface area contributed by atoms with Gasteiger partial charge in [-0.1, -0.05) is 0 Å². The van der Waals surface area contributed by atoms with E-state index in [1.807, 2.05) is 5.38 Å². The highest BCUT2D eigenvalue weighted by molar-refractivity contribution is 7.09. The molecule has 1 heterocycles. The van der Waals surface area contributed by atoms with Crippen molar-refractivity contribution >= 4 is 11.3 Å². The van der Waals surface area contributed by atoms with Gasteiger partial charge >= 0.3 is 0 Å². The van der Waals surface area contributed by atoms with Gasteiger partial charge in [0.05, 0.1) is 5.01 Å². The molecule has 0 aliphatic rings. The van der Waals surface area contributed by atoms with Gasteiger partial charge in [-0.2, -0.15) is 0 Å². The van der Waals surface area contributed by atoms with Crippen LogP contribution in [0.2, 0.25) is 0 Å². The molecule has 0 saturated heterocycles. The van der Waals surface area contributed by atoms with E-state index >= 15 is 0 Å². The predicted molar refractivity (Wildman–Crippen MR) is 51.5 cm³/mol. The summed E-state index contributed by atoms with van der Waals surface area (Å²) in [6, 6.07) is 0. The van der Waals surface area contributed by atoms with E-state index in [1.54, 1.807) is 17.5 Å². The summed E-state index contributed by atoms with van der Waals surface area (Å²) < 4.78 is 0. The molecular formula is C8H12N2O2S. The predicted octanol–water partition coefficient (Wildman–Crippen LogP) is 2.13. The molecule has 5 heteroatoms. The van der Waals surface area contributed by atoms with Crippen LogP contribution in [0.15, 0.2) is 11.6 Å². The number of aryl methyl sites for hydroxylation is 1. The molecule has 0 radical (unpaired) electrons. The van der Waals surface area contributed by atoms with Crippen molar-refractivity contribution in [2.24, 2.45) is 0 Å². The smallest absolute Gasteiger partial charge is 0.203 e. The van der Waals surface area contributed by atoms with E-state index in [0.717, 1.165) is 24.3 Å². The van der Waals surface area contributed by atoms with Gasteiger partial charge in [-0.15, -0.1) is 11.3 Å². The fourth-order valence-electron chi connectivity index (χ4n) is 1.07. The zero-order valence-corrected chi connectivity index (χ0v) is 8.13. The van der Waals surface area contributed by atoms with Crippen molar-refractivity contribution in [2.75, 3.05) is 6.54 Å². The van der Waals surface area contributed by atoms with Gasteiger partial charge in [0, 0.05) is 22.9 Å². The summed E-state index contributed by atoms with van der Waals surface area (Å²) in [5.74, 6) is 0. The number of hydrogen-bond donors (Lipinski definition) is 0. The van der Waals surface area contributed by atoms with Crippen LogP contribution in [0, 0.1) is 10.1 Å². The molecule has 0 aliphatic heterocycles. The van der Waals surface area contributed by atoms with Gasteiger partial charge in [0.2, 0.25) is 6.54 Å². The van der Waals surface area contributed by atoms with Crippen molar-refractivity contribution in [3.63, 3.8) is 0 Å². The first kappa shape index (κ1) is 10.1. The summed E-state index contributed by atoms with van der Waals surface area (Å²) in [6.45, 7) is 0.0951. The first-order valence-corrected chi connectivity index (χ1v) is 5.17. The van der Waals surface area contributed by atoms with Gasteiger partial charge < -0.3 is 0 Å². The summed E-state index contributed by atoms with van der Waals surface area (Å²) in [5.41, 5.74) is 0. The molecule has 0 N–H and O–H groups in total. The molecule has 1 rings (SSSR count). The van der Waals surface area contributed by atoms with Crippen LogP contribution in [-0.2, 0) is 6.42 Å². The lowest BCUT2D eigenvalue weighted by molar-refractivity contribution is -0.480. The number of nitrogens with zero attached hydrogens (tertiary/aromatic N) is 2. The molecule has 72 valence electrons. The molecule has 0 unspecified atom stereocenters. The lowest BCUT2D eigenvalue weighted by atomic mass is 10.2. The Kier molecular flexibility index (Phi) is 4.39. The minimum atomic E-state index is -0.261. The maximum Gasteiger partial charge on any atom is 0.203 e. The number of rotatable bonds is 6. The minimum Gasteiger partial charge on any atom is -0.265 e. The number of thiazole rings is 1. The number of hydrogen-bond acceptors (Lipinski definition) is 4. The number of aromatic nitrogens is 1. The third kappa shape index (κ3) is 4.57. The Bertz CT molecular complexity index is 249. The molecule has 0 atom stereocenters. The van der Waals surface area contributed by atoms with Gasteiger partial charge in [0.15, 0.2) is 0 Å². The average molecular weight is 200 g/mol. The average Bonchev–Trinajstić information content (AvgIpc) is 2.55. The van der Waals surface area contributed by atoms with Crippen LogP contribution in [0.5, 0.6) is 0 Å². The first-order valence-electron chi connectivity index (χ1n) is 4.29. The van der Waals surface area contributed by atoms with E-state index in [-0.39, 0.29) is 11.5 Å². The highest BCUT2D eigenvalue weighted by Gasteiger charge is 1.98. The molecule has 0 saturated carbocycles. The van der Waals surface area contributed by atoms with Crippen molar-refractivity contribution in [3.8, 4) is 0 Å². The van der Waals surface area contributed by atoms with E-state index < -0.39 is 0 Å². The lowest BCUT2D eigenvalue weighted by Gasteiger charge is -1.95. The third-order valence-corrected chi connectivity index (χ3v) is 2.55. The van der Waals surface area contributed by atoms with Gasteiger partial charge in [-0.05, 0) is 19.3 Å². The van der Waals surface area contributed by atoms with Crippen molar-refractivity contribution in [3.05, 3.63) is 26.7 Å². The lowest BCUT2D eigenvalue weighted by Crippen LogP contribution is -2.00. The van der Waals surface area contributed by atoms with Crippen molar-refractivity contribution < 1.29 is 4.92 Å². The second-order valence-corrected chi connectivity index (χ2v) is 3.77. The van der Waals surface area contributed by atoms with Crippen molar-refractivity contribution in [1.29, 1.82) is 0 Å². The van der Waals surface area contributed by atoms with Gasteiger partial charge in [0.25, 0.3) is 0 Å². The monoisotopic (exact) mass is 200 g/mol. The summed E-state index contributed by atoms with van der Waals surface area (Å²) in [4.78, 5) is 13.9. The van der Waals surface area contributed by atoms with E-state index in [2.05, 4.69) is 4.98 Å². The van der Waals surface area contributed by atoms with Gasteiger partial charge in [0.1, 0.15) is 0 Å². The van der Waals surface area contributed by atoms with Crippen molar-refractivity contribution in [2.45, 2.75) is 25.7 Å². The van der Waals surface area contributed by atoms with Crippen LogP contribution in [0.25, 0.3) is 0 Å². The van der Waals surface area contributed by atoms with E-state index in [1.165, 1.54) is 0 Å². The Labute approximate surface area is 80.8 Å². The number of nitro groups is 1. The fraction of sp³-hybridized carbons (Fsp3) is 0.625. The highest BCUT2D eigenvalue weighted by atomic mass is 32.1. The van der Waals surface area contributed by atoms with Crippen LogP contribution >= 0.6 is 11.3 Å². The second-order valence-electron chi connectivity index (χ2n) is 2.79. The zero-order valence-electron chi connectivity index (χ0n) is 7.31. The van der Waals surface area contributed by atoms with Crippen molar-refractivity contribution in [1.82, 2.24) is 4.98 Å². The maximum absolute atomic E-state index is 9.99. The Balaban J connectivity index is 1.99. The fourth-order valence-corrected chi connectivity index (χ4v) is 1.73.